The van der Waals surface area contributed by atoms with Crippen molar-refractivity contribution in [1.82, 2.24) is 24.6 Å². The highest BCUT2D eigenvalue weighted by molar-refractivity contribution is 5.86. The van der Waals surface area contributed by atoms with Gasteiger partial charge in [0.05, 0.1) is 23.6 Å². The predicted octanol–water partition coefficient (Wildman–Crippen LogP) is 4.17. The van der Waals surface area contributed by atoms with Gasteiger partial charge in [-0.1, -0.05) is 0 Å². The van der Waals surface area contributed by atoms with Crippen molar-refractivity contribution < 1.29 is 13.6 Å². The first-order chi connectivity index (χ1) is 15.4. The van der Waals surface area contributed by atoms with Crippen LogP contribution in [0.3, 0.4) is 0 Å². The van der Waals surface area contributed by atoms with E-state index >= 15 is 0 Å². The van der Waals surface area contributed by atoms with Crippen LogP contribution in [-0.2, 0) is 24.8 Å². The quantitative estimate of drug-likeness (QED) is 0.577. The van der Waals surface area contributed by atoms with Crippen LogP contribution in [-0.4, -0.2) is 49.4 Å². The number of nitrogens with zero attached hydrogens (tertiary/aromatic N) is 5. The van der Waals surface area contributed by atoms with Gasteiger partial charge in [-0.05, 0) is 44.5 Å². The molecule has 1 aliphatic carbocycles. The Kier molecular flexibility index (Phi) is 5.49. The number of carbonyl (C=O) groups is 1. The Hall–Kier alpha value is -2.74. The first kappa shape index (κ1) is 21.1. The van der Waals surface area contributed by atoms with Gasteiger partial charge in [-0.25, -0.2) is 8.78 Å². The van der Waals surface area contributed by atoms with Crippen LogP contribution in [0.2, 0.25) is 0 Å². The summed E-state index contributed by atoms with van der Waals surface area (Å²) in [5.41, 5.74) is 4.62. The monoisotopic (exact) mass is 439 g/mol. The Labute approximate surface area is 185 Å². The summed E-state index contributed by atoms with van der Waals surface area (Å²) in [6.07, 6.45) is 6.92. The fraction of sp³-hybridized carbons (Fsp3) is 0.500. The Bertz CT molecular complexity index is 1140. The molecule has 32 heavy (non-hydrogen) atoms. The molecule has 1 saturated carbocycles. The number of hydrogen-bond donors (Lipinski definition) is 0. The van der Waals surface area contributed by atoms with Crippen molar-refractivity contribution in [2.24, 2.45) is 13.0 Å². The second-order valence-electron chi connectivity index (χ2n) is 9.12. The lowest BCUT2D eigenvalue weighted by Gasteiger charge is -2.30. The number of aryl methyl sites for hydroxylation is 1. The van der Waals surface area contributed by atoms with E-state index in [1.165, 1.54) is 6.42 Å². The Morgan fingerprint density at radius 2 is 1.91 bits per heavy atom. The lowest BCUT2D eigenvalue weighted by molar-refractivity contribution is -0.126. The molecule has 0 N–H and O–H groups in total. The smallest absolute Gasteiger partial charge is 0.248 e. The van der Waals surface area contributed by atoms with E-state index in [1.54, 1.807) is 6.20 Å². The van der Waals surface area contributed by atoms with Crippen molar-refractivity contribution in [3.8, 4) is 11.1 Å². The third-order valence-electron chi connectivity index (χ3n) is 6.85. The number of fused-ring (bicyclic) bond motifs is 1. The molecule has 1 aliphatic heterocycles. The minimum Gasteiger partial charge on any atom is -0.299 e. The largest absolute Gasteiger partial charge is 0.299 e. The summed E-state index contributed by atoms with van der Waals surface area (Å²) in [5.74, 6) is -2.92. The van der Waals surface area contributed by atoms with Crippen molar-refractivity contribution in [1.29, 1.82) is 0 Å². The van der Waals surface area contributed by atoms with Gasteiger partial charge in [0, 0.05) is 67.2 Å². The first-order valence-electron chi connectivity index (χ1n) is 11.3. The van der Waals surface area contributed by atoms with Gasteiger partial charge in [-0.15, -0.1) is 0 Å². The summed E-state index contributed by atoms with van der Waals surface area (Å²) in [5, 5.41) is 5.37. The molecule has 3 aromatic rings. The molecular formula is C24H27F2N5O. The predicted molar refractivity (Wildman–Crippen MR) is 117 cm³/mol. The van der Waals surface area contributed by atoms with Crippen LogP contribution in [0.15, 0.2) is 30.7 Å². The zero-order valence-corrected chi connectivity index (χ0v) is 18.2. The van der Waals surface area contributed by atoms with E-state index in [4.69, 9.17) is 0 Å². The van der Waals surface area contributed by atoms with E-state index in [0.29, 0.717) is 5.69 Å². The summed E-state index contributed by atoms with van der Waals surface area (Å²) in [4.78, 5) is 24.0. The average Bonchev–Trinajstić information content (AvgIpc) is 3.10. The third-order valence-corrected chi connectivity index (χ3v) is 6.85. The number of likely N-dealkylation sites (tertiary alicyclic amines) is 1. The van der Waals surface area contributed by atoms with Crippen LogP contribution in [0, 0.1) is 5.92 Å². The van der Waals surface area contributed by atoms with E-state index in [1.807, 2.05) is 30.2 Å². The molecule has 0 spiro atoms. The minimum absolute atomic E-state index is 0.000516. The molecule has 5 rings (SSSR count). The normalized spacial score (nSPS) is 19.2. The molecule has 0 atom stereocenters. The van der Waals surface area contributed by atoms with Crippen LogP contribution >= 0.6 is 0 Å². The highest BCUT2D eigenvalue weighted by atomic mass is 19.3. The second-order valence-corrected chi connectivity index (χ2v) is 9.12. The van der Waals surface area contributed by atoms with Crippen LogP contribution in [0.25, 0.3) is 22.0 Å². The first-order valence-corrected chi connectivity index (χ1v) is 11.3. The van der Waals surface area contributed by atoms with Crippen molar-refractivity contribution in [3.05, 3.63) is 42.1 Å². The third kappa shape index (κ3) is 4.28. The van der Waals surface area contributed by atoms with E-state index in [9.17, 15) is 13.6 Å². The van der Waals surface area contributed by atoms with Gasteiger partial charge in [0.15, 0.2) is 0 Å². The van der Waals surface area contributed by atoms with Gasteiger partial charge in [0.1, 0.15) is 5.78 Å². The average molecular weight is 440 g/mol. The molecule has 6 nitrogen and oxygen atoms in total. The highest BCUT2D eigenvalue weighted by Crippen LogP contribution is 2.37. The molecule has 168 valence electrons. The Balaban J connectivity index is 1.36. The number of Topliss-reactive ketones (excluding diaryl/α,β-unsaturated/α-hetero) is 1. The van der Waals surface area contributed by atoms with Gasteiger partial charge in [0.25, 0.3) is 0 Å². The van der Waals surface area contributed by atoms with E-state index < -0.39 is 5.92 Å². The maximum absolute atomic E-state index is 13.4. The molecule has 2 fully saturated rings. The standard InChI is InChI=1S/C24H27F2N5O/c1-30-22(15-31-7-2-8-31)20(13-29-30)18-9-17-10-19(27-14-21(17)28-12-18)11-23(32)16-3-5-24(25,26)6-4-16/h9-10,12-14,16H,2-8,11,15H2,1H3. The molecule has 0 aromatic carbocycles. The summed E-state index contributed by atoms with van der Waals surface area (Å²) in [6.45, 7) is 3.09. The van der Waals surface area contributed by atoms with Crippen molar-refractivity contribution in [2.75, 3.05) is 13.1 Å². The number of carbonyl (C=O) groups excluding carboxylic acids is 1. The van der Waals surface area contributed by atoms with Crippen molar-refractivity contribution >= 4 is 16.7 Å². The van der Waals surface area contributed by atoms with Crippen LogP contribution in [0.4, 0.5) is 8.78 Å². The zero-order chi connectivity index (χ0) is 22.3. The molecule has 0 bridgehead atoms. The van der Waals surface area contributed by atoms with Crippen LogP contribution < -0.4 is 0 Å². The summed E-state index contributed by atoms with van der Waals surface area (Å²) in [6, 6.07) is 3.96. The second kappa shape index (κ2) is 8.31. The molecular weight excluding hydrogens is 412 g/mol. The number of alkyl halides is 2. The fourth-order valence-corrected chi connectivity index (χ4v) is 4.65. The Morgan fingerprint density at radius 1 is 1.12 bits per heavy atom. The number of aromatic nitrogens is 4. The maximum Gasteiger partial charge on any atom is 0.248 e. The van der Waals surface area contributed by atoms with Gasteiger partial charge in [-0.3, -0.25) is 24.3 Å². The summed E-state index contributed by atoms with van der Waals surface area (Å²) in [7, 11) is 1.96. The van der Waals surface area contributed by atoms with E-state index in [0.717, 1.165) is 47.4 Å². The lowest BCUT2D eigenvalue weighted by Crippen LogP contribution is -2.37. The topological polar surface area (TPSA) is 63.9 Å². The molecule has 0 unspecified atom stereocenters. The molecule has 3 aromatic heterocycles. The molecule has 0 radical (unpaired) electrons. The number of halogens is 2. The van der Waals surface area contributed by atoms with Gasteiger partial charge in [-0.2, -0.15) is 5.10 Å². The van der Waals surface area contributed by atoms with Crippen LogP contribution in [0.5, 0.6) is 0 Å². The van der Waals surface area contributed by atoms with Gasteiger partial charge >= 0.3 is 0 Å². The number of ketones is 1. The van der Waals surface area contributed by atoms with E-state index in [-0.39, 0.29) is 43.8 Å². The lowest BCUT2D eigenvalue weighted by atomic mass is 9.83. The number of pyridine rings is 2. The number of hydrogen-bond acceptors (Lipinski definition) is 5. The van der Waals surface area contributed by atoms with Crippen molar-refractivity contribution in [2.45, 2.75) is 51.0 Å². The zero-order valence-electron chi connectivity index (χ0n) is 18.2. The molecule has 1 saturated heterocycles. The molecule has 8 heteroatoms. The molecule has 4 heterocycles. The Morgan fingerprint density at radius 3 is 2.62 bits per heavy atom. The molecule has 0 amide bonds. The maximum atomic E-state index is 13.4. The summed E-state index contributed by atoms with van der Waals surface area (Å²) >= 11 is 0. The van der Waals surface area contributed by atoms with Crippen molar-refractivity contribution in [3.63, 3.8) is 0 Å². The van der Waals surface area contributed by atoms with E-state index in [2.05, 4.69) is 26.0 Å². The number of rotatable bonds is 6. The van der Waals surface area contributed by atoms with Gasteiger partial charge < -0.3 is 0 Å². The highest BCUT2D eigenvalue weighted by Gasteiger charge is 2.37. The molecule has 2 aliphatic rings. The summed E-state index contributed by atoms with van der Waals surface area (Å²) < 4.78 is 28.7. The minimum atomic E-state index is -2.62. The SMILES string of the molecule is Cn1ncc(-c2cnc3cnc(CC(=O)C4CCC(F)(F)CC4)cc3c2)c1CN1CCC1. The van der Waals surface area contributed by atoms with Crippen LogP contribution in [0.1, 0.15) is 43.5 Å². The fourth-order valence-electron chi connectivity index (χ4n) is 4.65. The van der Waals surface area contributed by atoms with Gasteiger partial charge in [0.2, 0.25) is 5.92 Å².